The molecule has 0 saturated carbocycles. The average molecular weight is 412 g/mol. The largest absolute Gasteiger partial charge is 0.299 e. The number of aryl methyl sites for hydroxylation is 1. The van der Waals surface area contributed by atoms with E-state index in [2.05, 4.69) is 30.9 Å². The number of benzene rings is 1. The molecule has 29 heavy (non-hydrogen) atoms. The molecule has 152 valence electrons. The SMILES string of the molecule is Cc1[nH]ncc1-c1ccc(S(=O)(=O)NC2CCN(Cc3cccnc3)CC2)cc1. The number of sulfonamides is 1. The van der Waals surface area contributed by atoms with Crippen LogP contribution in [0, 0.1) is 6.92 Å². The number of nitrogens with one attached hydrogen (secondary N) is 2. The van der Waals surface area contributed by atoms with Gasteiger partial charge in [0.05, 0.1) is 11.1 Å². The molecule has 0 radical (unpaired) electrons. The van der Waals surface area contributed by atoms with Gasteiger partial charge in [-0.15, -0.1) is 0 Å². The molecule has 3 aromatic rings. The van der Waals surface area contributed by atoms with Crippen molar-refractivity contribution < 1.29 is 8.42 Å². The van der Waals surface area contributed by atoms with Crippen LogP contribution in [0.3, 0.4) is 0 Å². The molecule has 0 bridgehead atoms. The quantitative estimate of drug-likeness (QED) is 0.651. The van der Waals surface area contributed by atoms with Crippen LogP contribution in [0.15, 0.2) is 59.9 Å². The molecule has 0 amide bonds. The first-order valence-corrected chi connectivity index (χ1v) is 11.2. The monoisotopic (exact) mass is 411 g/mol. The maximum atomic E-state index is 12.8. The first-order valence-electron chi connectivity index (χ1n) is 9.75. The minimum atomic E-state index is -3.53. The fourth-order valence-corrected chi connectivity index (χ4v) is 5.01. The Hall–Kier alpha value is -2.55. The van der Waals surface area contributed by atoms with Crippen molar-refractivity contribution in [3.05, 3.63) is 66.2 Å². The van der Waals surface area contributed by atoms with Crippen LogP contribution >= 0.6 is 0 Å². The number of aromatic nitrogens is 3. The van der Waals surface area contributed by atoms with Gasteiger partial charge < -0.3 is 0 Å². The van der Waals surface area contributed by atoms with E-state index in [1.54, 1.807) is 24.5 Å². The standard InChI is InChI=1S/C21H25N5O2S/c1-16-21(14-23-24-16)18-4-6-20(7-5-18)29(27,28)25-19-8-11-26(12-9-19)15-17-3-2-10-22-13-17/h2-7,10,13-14,19,25H,8-9,11-12,15H2,1H3,(H,23,24). The molecule has 1 aliphatic rings. The molecule has 0 unspecified atom stereocenters. The van der Waals surface area contributed by atoms with Crippen molar-refractivity contribution >= 4 is 10.0 Å². The predicted octanol–water partition coefficient (Wildman–Crippen LogP) is 2.72. The number of nitrogens with zero attached hydrogens (tertiary/aromatic N) is 3. The Morgan fingerprint density at radius 2 is 1.90 bits per heavy atom. The summed E-state index contributed by atoms with van der Waals surface area (Å²) in [6, 6.07) is 10.9. The zero-order valence-corrected chi connectivity index (χ0v) is 17.2. The average Bonchev–Trinajstić information content (AvgIpc) is 3.16. The summed E-state index contributed by atoms with van der Waals surface area (Å²) in [7, 11) is -3.53. The molecule has 2 aromatic heterocycles. The molecule has 8 heteroatoms. The number of piperidine rings is 1. The normalized spacial score (nSPS) is 16.2. The lowest BCUT2D eigenvalue weighted by Gasteiger charge is -2.32. The van der Waals surface area contributed by atoms with E-state index in [4.69, 9.17) is 0 Å². The first-order chi connectivity index (χ1) is 14.0. The number of pyridine rings is 1. The van der Waals surface area contributed by atoms with Gasteiger partial charge >= 0.3 is 0 Å². The molecule has 1 fully saturated rings. The molecule has 4 rings (SSSR count). The maximum absolute atomic E-state index is 12.8. The smallest absolute Gasteiger partial charge is 0.240 e. The highest BCUT2D eigenvalue weighted by molar-refractivity contribution is 7.89. The van der Waals surface area contributed by atoms with Gasteiger partial charge in [0.25, 0.3) is 0 Å². The van der Waals surface area contributed by atoms with Gasteiger partial charge in [0.1, 0.15) is 0 Å². The van der Waals surface area contributed by atoms with Gasteiger partial charge in [-0.2, -0.15) is 5.10 Å². The Morgan fingerprint density at radius 3 is 2.52 bits per heavy atom. The van der Waals surface area contributed by atoms with Crippen molar-refractivity contribution in [2.24, 2.45) is 0 Å². The van der Waals surface area contributed by atoms with Crippen LogP contribution < -0.4 is 4.72 Å². The Bertz CT molecular complexity index is 1040. The molecule has 2 N–H and O–H groups in total. The van der Waals surface area contributed by atoms with Crippen LogP contribution in [-0.2, 0) is 16.6 Å². The zero-order valence-electron chi connectivity index (χ0n) is 16.4. The van der Waals surface area contributed by atoms with Crippen LogP contribution in [0.5, 0.6) is 0 Å². The number of rotatable bonds is 6. The van der Waals surface area contributed by atoms with Gasteiger partial charge in [0.2, 0.25) is 10.0 Å². The number of aromatic amines is 1. The van der Waals surface area contributed by atoms with Crippen molar-refractivity contribution in [2.45, 2.75) is 37.2 Å². The second-order valence-corrected chi connectivity index (χ2v) is 9.18. The first kappa shape index (κ1) is 19.8. The Kier molecular flexibility index (Phi) is 5.75. The topological polar surface area (TPSA) is 91.0 Å². The molecular formula is C21H25N5O2S. The highest BCUT2D eigenvalue weighted by Gasteiger charge is 2.24. The van der Waals surface area contributed by atoms with Crippen molar-refractivity contribution in [3.63, 3.8) is 0 Å². The maximum Gasteiger partial charge on any atom is 0.240 e. The molecule has 0 atom stereocenters. The van der Waals surface area contributed by atoms with Gasteiger partial charge in [0, 0.05) is 49.3 Å². The number of likely N-dealkylation sites (tertiary alicyclic amines) is 1. The van der Waals surface area contributed by atoms with E-state index in [0.29, 0.717) is 4.90 Å². The number of H-pyrrole nitrogens is 1. The summed E-state index contributed by atoms with van der Waals surface area (Å²) in [6.45, 7) is 4.51. The lowest BCUT2D eigenvalue weighted by Crippen LogP contribution is -2.44. The second kappa shape index (κ2) is 8.44. The summed E-state index contributed by atoms with van der Waals surface area (Å²) in [6.07, 6.45) is 6.99. The van der Waals surface area contributed by atoms with Crippen LogP contribution in [0.1, 0.15) is 24.1 Å². The summed E-state index contributed by atoms with van der Waals surface area (Å²) in [4.78, 5) is 6.78. The predicted molar refractivity (Wildman–Crippen MR) is 112 cm³/mol. The van der Waals surface area contributed by atoms with Crippen LogP contribution in [0.2, 0.25) is 0 Å². The zero-order chi connectivity index (χ0) is 20.3. The lowest BCUT2D eigenvalue weighted by molar-refractivity contribution is 0.200. The van der Waals surface area contributed by atoms with Crippen molar-refractivity contribution in [2.75, 3.05) is 13.1 Å². The minimum Gasteiger partial charge on any atom is -0.299 e. The lowest BCUT2D eigenvalue weighted by atomic mass is 10.1. The fraction of sp³-hybridized carbons (Fsp3) is 0.333. The van der Waals surface area contributed by atoms with Crippen molar-refractivity contribution in [3.8, 4) is 11.1 Å². The third-order valence-electron chi connectivity index (χ3n) is 5.34. The van der Waals surface area contributed by atoms with E-state index < -0.39 is 10.0 Å². The summed E-state index contributed by atoms with van der Waals surface area (Å²) in [5, 5.41) is 6.91. The Morgan fingerprint density at radius 1 is 1.14 bits per heavy atom. The molecule has 0 spiro atoms. The summed E-state index contributed by atoms with van der Waals surface area (Å²) >= 11 is 0. The molecular weight excluding hydrogens is 386 g/mol. The third-order valence-corrected chi connectivity index (χ3v) is 6.88. The molecule has 0 aliphatic carbocycles. The summed E-state index contributed by atoms with van der Waals surface area (Å²) in [5.41, 5.74) is 4.05. The van der Waals surface area contributed by atoms with Gasteiger partial charge in [-0.3, -0.25) is 15.0 Å². The highest BCUT2D eigenvalue weighted by Crippen LogP contribution is 2.23. The van der Waals surface area contributed by atoms with E-state index in [9.17, 15) is 8.42 Å². The van der Waals surface area contributed by atoms with Gasteiger partial charge in [-0.05, 0) is 49.1 Å². The molecule has 1 saturated heterocycles. The molecule has 1 aliphatic heterocycles. The van der Waals surface area contributed by atoms with E-state index in [1.807, 2.05) is 31.3 Å². The molecule has 1 aromatic carbocycles. The van der Waals surface area contributed by atoms with Gasteiger partial charge in [-0.1, -0.05) is 18.2 Å². The number of hydrogen-bond acceptors (Lipinski definition) is 5. The second-order valence-electron chi connectivity index (χ2n) is 7.47. The molecule has 3 heterocycles. The van der Waals surface area contributed by atoms with E-state index in [0.717, 1.165) is 49.3 Å². The van der Waals surface area contributed by atoms with Crippen molar-refractivity contribution in [1.82, 2.24) is 24.8 Å². The van der Waals surface area contributed by atoms with E-state index in [-0.39, 0.29) is 6.04 Å². The summed E-state index contributed by atoms with van der Waals surface area (Å²) in [5.74, 6) is 0. The third kappa shape index (κ3) is 4.72. The van der Waals surface area contributed by atoms with Crippen LogP contribution in [0.25, 0.3) is 11.1 Å². The van der Waals surface area contributed by atoms with Crippen LogP contribution in [0.4, 0.5) is 0 Å². The summed E-state index contributed by atoms with van der Waals surface area (Å²) < 4.78 is 28.4. The van der Waals surface area contributed by atoms with Gasteiger partial charge in [0.15, 0.2) is 0 Å². The Balaban J connectivity index is 1.35. The highest BCUT2D eigenvalue weighted by atomic mass is 32.2. The number of hydrogen-bond donors (Lipinski definition) is 2. The van der Waals surface area contributed by atoms with Gasteiger partial charge in [-0.25, -0.2) is 13.1 Å². The fourth-order valence-electron chi connectivity index (χ4n) is 3.70. The van der Waals surface area contributed by atoms with Crippen molar-refractivity contribution in [1.29, 1.82) is 0 Å². The van der Waals surface area contributed by atoms with E-state index >= 15 is 0 Å². The van der Waals surface area contributed by atoms with Crippen LogP contribution in [-0.4, -0.2) is 47.6 Å². The van der Waals surface area contributed by atoms with E-state index in [1.165, 1.54) is 5.56 Å². The minimum absolute atomic E-state index is 0.0408. The molecule has 7 nitrogen and oxygen atoms in total. The Labute approximate surface area is 171 Å².